The zero-order chi connectivity index (χ0) is 23.8. The number of hydrogen-bond donors (Lipinski definition) is 3. The van der Waals surface area contributed by atoms with Crippen molar-refractivity contribution in [3.05, 3.63) is 59.7 Å². The number of hydrogen-bond acceptors (Lipinski definition) is 6. The van der Waals surface area contributed by atoms with E-state index in [0.29, 0.717) is 6.42 Å². The van der Waals surface area contributed by atoms with Crippen molar-refractivity contribution in [2.45, 2.75) is 43.1 Å². The number of likely N-dealkylation sites (tertiary alicyclic amines) is 1. The Hall–Kier alpha value is -3.43. The van der Waals surface area contributed by atoms with Crippen molar-refractivity contribution < 1.29 is 34.1 Å². The number of ether oxygens (including phenoxy) is 2. The van der Waals surface area contributed by atoms with E-state index >= 15 is 0 Å². The molecule has 0 bridgehead atoms. The summed E-state index contributed by atoms with van der Waals surface area (Å²) in [5.41, 5.74) is 4.45. The van der Waals surface area contributed by atoms with Gasteiger partial charge >= 0.3 is 12.1 Å². The highest BCUT2D eigenvalue weighted by atomic mass is 16.6. The van der Waals surface area contributed by atoms with Gasteiger partial charge in [0.15, 0.2) is 6.10 Å². The SMILES string of the molecule is O=C(N[C@H]1CCO[C@H]1C(=O)N1C[C@@H](O)C[C@H]1C(=O)O)OCC1c2ccccc2-c2ccccc21. The van der Waals surface area contributed by atoms with Crippen LogP contribution >= 0.6 is 0 Å². The number of carbonyl (C=O) groups is 3. The molecule has 9 nitrogen and oxygen atoms in total. The fraction of sp³-hybridized carbons (Fsp3) is 0.400. The van der Waals surface area contributed by atoms with E-state index in [4.69, 9.17) is 9.47 Å². The minimum atomic E-state index is -1.18. The van der Waals surface area contributed by atoms with E-state index in [1.54, 1.807) is 0 Å². The number of aliphatic hydroxyl groups excluding tert-OH is 1. The van der Waals surface area contributed by atoms with Crippen molar-refractivity contribution in [3.8, 4) is 11.1 Å². The van der Waals surface area contributed by atoms with Crippen LogP contribution < -0.4 is 5.32 Å². The summed E-state index contributed by atoms with van der Waals surface area (Å²) < 4.78 is 11.1. The number of nitrogens with zero attached hydrogens (tertiary/aromatic N) is 1. The standard InChI is InChI=1S/C25H26N2O7/c28-14-11-21(24(30)31)27(12-14)23(29)22-20(9-10-33-22)26-25(32)34-13-19-17-7-3-1-5-15(17)16-6-2-4-8-18(16)19/h1-8,14,19-22,28H,9-13H2,(H,26,32)(H,30,31)/t14-,20-,21-,22+/m0/s1. The molecule has 2 aromatic rings. The van der Waals surface area contributed by atoms with E-state index in [1.165, 1.54) is 0 Å². The van der Waals surface area contributed by atoms with Crippen LogP contribution in [0.4, 0.5) is 4.79 Å². The number of carbonyl (C=O) groups excluding carboxylic acids is 2. The third kappa shape index (κ3) is 4.01. The van der Waals surface area contributed by atoms with Gasteiger partial charge in [0.2, 0.25) is 0 Å². The Bertz CT molecular complexity index is 1070. The summed E-state index contributed by atoms with van der Waals surface area (Å²) in [6.45, 7) is 0.317. The average Bonchev–Trinajstić information content (AvgIpc) is 3.53. The van der Waals surface area contributed by atoms with Gasteiger partial charge in [0, 0.05) is 25.5 Å². The lowest BCUT2D eigenvalue weighted by atomic mass is 9.98. The summed E-state index contributed by atoms with van der Waals surface area (Å²) >= 11 is 0. The van der Waals surface area contributed by atoms with Gasteiger partial charge in [-0.25, -0.2) is 9.59 Å². The number of amides is 2. The quantitative estimate of drug-likeness (QED) is 0.613. The van der Waals surface area contributed by atoms with Crippen LogP contribution in [-0.4, -0.2) is 77.1 Å². The third-order valence-corrected chi connectivity index (χ3v) is 6.83. The number of rotatable bonds is 5. The maximum absolute atomic E-state index is 13.0. The summed E-state index contributed by atoms with van der Waals surface area (Å²) in [6.07, 6.45) is -2.22. The Morgan fingerprint density at radius 3 is 2.35 bits per heavy atom. The molecule has 34 heavy (non-hydrogen) atoms. The van der Waals surface area contributed by atoms with Crippen LogP contribution in [-0.2, 0) is 19.1 Å². The van der Waals surface area contributed by atoms with Crippen molar-refractivity contribution in [2.75, 3.05) is 19.8 Å². The predicted molar refractivity (Wildman–Crippen MR) is 120 cm³/mol. The largest absolute Gasteiger partial charge is 0.480 e. The van der Waals surface area contributed by atoms with Crippen molar-refractivity contribution in [1.29, 1.82) is 0 Å². The molecule has 2 heterocycles. The second-order valence-electron chi connectivity index (χ2n) is 8.89. The van der Waals surface area contributed by atoms with Gasteiger partial charge in [0.1, 0.15) is 12.6 Å². The lowest BCUT2D eigenvalue weighted by Crippen LogP contribution is -2.52. The fourth-order valence-corrected chi connectivity index (χ4v) is 5.23. The molecule has 2 saturated heterocycles. The molecule has 1 aliphatic carbocycles. The van der Waals surface area contributed by atoms with Gasteiger partial charge in [-0.05, 0) is 28.7 Å². The van der Waals surface area contributed by atoms with Gasteiger partial charge in [-0.3, -0.25) is 4.79 Å². The lowest BCUT2D eigenvalue weighted by molar-refractivity contribution is -0.152. The second-order valence-corrected chi connectivity index (χ2v) is 8.89. The smallest absolute Gasteiger partial charge is 0.407 e. The molecule has 0 aromatic heterocycles. The van der Waals surface area contributed by atoms with E-state index in [0.717, 1.165) is 27.2 Å². The van der Waals surface area contributed by atoms with E-state index in [-0.39, 0.29) is 32.1 Å². The number of carboxylic acids is 1. The van der Waals surface area contributed by atoms with Crippen LogP contribution in [0.1, 0.15) is 29.9 Å². The molecule has 4 atom stereocenters. The topological polar surface area (TPSA) is 125 Å². The van der Waals surface area contributed by atoms with Crippen LogP contribution in [0.3, 0.4) is 0 Å². The summed E-state index contributed by atoms with van der Waals surface area (Å²) in [7, 11) is 0. The highest BCUT2D eigenvalue weighted by Gasteiger charge is 2.45. The van der Waals surface area contributed by atoms with Crippen molar-refractivity contribution >= 4 is 18.0 Å². The van der Waals surface area contributed by atoms with Crippen LogP contribution in [0.5, 0.6) is 0 Å². The maximum atomic E-state index is 13.0. The van der Waals surface area contributed by atoms with Gasteiger partial charge in [0.05, 0.1) is 12.1 Å². The molecule has 5 rings (SSSR count). The normalized spacial score (nSPS) is 25.6. The Kier molecular flexibility index (Phi) is 5.97. The first kappa shape index (κ1) is 22.4. The Morgan fingerprint density at radius 2 is 1.71 bits per heavy atom. The van der Waals surface area contributed by atoms with Gasteiger partial charge < -0.3 is 29.9 Å². The number of aliphatic hydroxyl groups is 1. The molecule has 0 radical (unpaired) electrons. The molecular formula is C25H26N2O7. The monoisotopic (exact) mass is 466 g/mol. The minimum Gasteiger partial charge on any atom is -0.480 e. The van der Waals surface area contributed by atoms with E-state index < -0.39 is 42.3 Å². The van der Waals surface area contributed by atoms with Gasteiger partial charge in [-0.1, -0.05) is 48.5 Å². The average molecular weight is 466 g/mol. The number of carboxylic acid groups (broad SMARTS) is 1. The summed E-state index contributed by atoms with van der Waals surface area (Å²) in [6, 6.07) is 14.3. The summed E-state index contributed by atoms with van der Waals surface area (Å²) in [4.78, 5) is 38.2. The zero-order valence-corrected chi connectivity index (χ0v) is 18.4. The Labute approximate surface area is 196 Å². The van der Waals surface area contributed by atoms with Crippen molar-refractivity contribution in [1.82, 2.24) is 10.2 Å². The first-order valence-electron chi connectivity index (χ1n) is 11.4. The Balaban J connectivity index is 1.23. The molecular weight excluding hydrogens is 440 g/mol. The molecule has 0 unspecified atom stereocenters. The van der Waals surface area contributed by atoms with Crippen LogP contribution in [0, 0.1) is 0 Å². The number of nitrogens with one attached hydrogen (secondary N) is 1. The molecule has 2 aliphatic heterocycles. The lowest BCUT2D eigenvalue weighted by Gasteiger charge is -2.27. The molecule has 3 N–H and O–H groups in total. The molecule has 0 spiro atoms. The number of benzene rings is 2. The fourth-order valence-electron chi connectivity index (χ4n) is 5.23. The molecule has 0 saturated carbocycles. The first-order chi connectivity index (χ1) is 16.4. The Morgan fingerprint density at radius 1 is 1.06 bits per heavy atom. The van der Waals surface area contributed by atoms with Crippen LogP contribution in [0.25, 0.3) is 11.1 Å². The molecule has 2 aromatic carbocycles. The zero-order valence-electron chi connectivity index (χ0n) is 18.4. The number of aliphatic carboxylic acids is 1. The van der Waals surface area contributed by atoms with Gasteiger partial charge in [-0.2, -0.15) is 0 Å². The predicted octanol–water partition coefficient (Wildman–Crippen LogP) is 1.73. The molecule has 2 amide bonds. The van der Waals surface area contributed by atoms with Crippen LogP contribution in [0.15, 0.2) is 48.5 Å². The second kappa shape index (κ2) is 9.08. The van der Waals surface area contributed by atoms with Gasteiger partial charge in [-0.15, -0.1) is 0 Å². The van der Waals surface area contributed by atoms with E-state index in [2.05, 4.69) is 17.4 Å². The summed E-state index contributed by atoms with van der Waals surface area (Å²) in [5, 5.41) is 21.9. The first-order valence-corrected chi connectivity index (χ1v) is 11.4. The third-order valence-electron chi connectivity index (χ3n) is 6.83. The number of fused-ring (bicyclic) bond motifs is 3. The molecule has 9 heteroatoms. The summed E-state index contributed by atoms with van der Waals surface area (Å²) in [5.74, 6) is -1.81. The minimum absolute atomic E-state index is 0.0295. The van der Waals surface area contributed by atoms with E-state index in [9.17, 15) is 24.6 Å². The molecule has 3 aliphatic rings. The highest BCUT2D eigenvalue weighted by molar-refractivity contribution is 5.88. The molecule has 178 valence electrons. The van der Waals surface area contributed by atoms with Crippen LogP contribution in [0.2, 0.25) is 0 Å². The highest BCUT2D eigenvalue weighted by Crippen LogP contribution is 2.44. The number of β-amino-alcohol motifs (C(OH)–C–C–N with tert-alkyl or cyclic N) is 1. The maximum Gasteiger partial charge on any atom is 0.407 e. The number of alkyl carbamates (subject to hydrolysis) is 1. The van der Waals surface area contributed by atoms with Crippen molar-refractivity contribution in [3.63, 3.8) is 0 Å². The van der Waals surface area contributed by atoms with E-state index in [1.807, 2.05) is 36.4 Å². The molecule has 2 fully saturated rings. The van der Waals surface area contributed by atoms with Crippen molar-refractivity contribution in [2.24, 2.45) is 0 Å². The van der Waals surface area contributed by atoms with Gasteiger partial charge in [0.25, 0.3) is 5.91 Å².